The highest BCUT2D eigenvalue weighted by molar-refractivity contribution is 6.01. The number of fused-ring (bicyclic) bond motifs is 1. The standard InChI is InChI=1S/C26H30FN7O2/c1-4-33-9-11-34(12-10-33)18-5-8-22(28-14-18)32-25-23(17(3)35)26(30-15-29-25)36-21-7-6-20-19(24(21)27)13-16(2)31-20/h5-8,13-15,21,24,31H,4,9-12H2,1-3H3,(H,28,29,30,32). The van der Waals surface area contributed by atoms with Gasteiger partial charge in [0.1, 0.15) is 23.5 Å². The number of aryl methyl sites for hydroxylation is 1. The summed E-state index contributed by atoms with van der Waals surface area (Å²) in [4.78, 5) is 33.3. The number of rotatable bonds is 7. The maximum Gasteiger partial charge on any atom is 0.230 e. The summed E-state index contributed by atoms with van der Waals surface area (Å²) in [6.07, 6.45) is 4.20. The minimum absolute atomic E-state index is 0.0263. The lowest BCUT2D eigenvalue weighted by atomic mass is 9.99. The first-order chi connectivity index (χ1) is 17.4. The summed E-state index contributed by atoms with van der Waals surface area (Å²) in [5.41, 5.74) is 3.31. The number of aromatic nitrogens is 4. The van der Waals surface area contributed by atoms with Crippen LogP contribution < -0.4 is 15.0 Å². The van der Waals surface area contributed by atoms with Gasteiger partial charge in [0.05, 0.1) is 11.9 Å². The van der Waals surface area contributed by atoms with Crippen molar-refractivity contribution in [3.05, 3.63) is 59.3 Å². The number of pyridine rings is 1. The Morgan fingerprint density at radius 3 is 2.72 bits per heavy atom. The Bertz CT molecular complexity index is 1270. The predicted octanol–water partition coefficient (Wildman–Crippen LogP) is 4.08. The summed E-state index contributed by atoms with van der Waals surface area (Å²) in [6, 6.07) is 5.61. The second-order valence-electron chi connectivity index (χ2n) is 9.07. The van der Waals surface area contributed by atoms with E-state index < -0.39 is 12.3 Å². The minimum Gasteiger partial charge on any atom is -0.466 e. The summed E-state index contributed by atoms with van der Waals surface area (Å²) >= 11 is 0. The van der Waals surface area contributed by atoms with Crippen LogP contribution in [0, 0.1) is 6.92 Å². The van der Waals surface area contributed by atoms with Gasteiger partial charge in [-0.05, 0) is 50.7 Å². The molecular formula is C26H30FN7O2. The number of carbonyl (C=O) groups excluding carboxylic acids is 1. The largest absolute Gasteiger partial charge is 0.466 e. The fourth-order valence-corrected chi connectivity index (χ4v) is 4.65. The van der Waals surface area contributed by atoms with E-state index in [0.29, 0.717) is 11.4 Å². The molecule has 1 aliphatic carbocycles. The van der Waals surface area contributed by atoms with E-state index in [2.05, 4.69) is 42.0 Å². The van der Waals surface area contributed by atoms with E-state index >= 15 is 4.39 Å². The zero-order valence-corrected chi connectivity index (χ0v) is 20.7. The van der Waals surface area contributed by atoms with E-state index in [4.69, 9.17) is 4.74 Å². The van der Waals surface area contributed by atoms with Crippen molar-refractivity contribution in [3.8, 4) is 5.88 Å². The van der Waals surface area contributed by atoms with Crippen LogP contribution in [0.25, 0.3) is 6.08 Å². The summed E-state index contributed by atoms with van der Waals surface area (Å²) < 4.78 is 21.1. The number of anilines is 3. The van der Waals surface area contributed by atoms with Crippen LogP contribution in [0.4, 0.5) is 21.7 Å². The molecule has 0 bridgehead atoms. The summed E-state index contributed by atoms with van der Waals surface area (Å²) in [5.74, 6) is 0.523. The number of Topliss-reactive ketones (excluding diaryl/α,β-unsaturated/α-hetero) is 1. The quantitative estimate of drug-likeness (QED) is 0.477. The lowest BCUT2D eigenvalue weighted by Gasteiger charge is -2.35. The average Bonchev–Trinajstić information content (AvgIpc) is 3.27. The van der Waals surface area contributed by atoms with Crippen molar-refractivity contribution in [1.82, 2.24) is 24.8 Å². The number of nitrogens with zero attached hydrogens (tertiary/aromatic N) is 5. The molecule has 4 heterocycles. The molecule has 9 nitrogen and oxygen atoms in total. The Hall–Kier alpha value is -3.79. The van der Waals surface area contributed by atoms with Crippen molar-refractivity contribution in [2.45, 2.75) is 33.0 Å². The van der Waals surface area contributed by atoms with E-state index in [1.54, 1.807) is 18.2 Å². The zero-order valence-electron chi connectivity index (χ0n) is 20.7. The van der Waals surface area contributed by atoms with Crippen LogP contribution in [0.5, 0.6) is 5.88 Å². The first-order valence-corrected chi connectivity index (χ1v) is 12.2. The van der Waals surface area contributed by atoms with Crippen molar-refractivity contribution < 1.29 is 13.9 Å². The molecule has 0 aromatic carbocycles. The number of carbonyl (C=O) groups is 1. The minimum atomic E-state index is -1.39. The van der Waals surface area contributed by atoms with Crippen LogP contribution in [0.15, 0.2) is 36.8 Å². The maximum atomic E-state index is 15.2. The number of hydrogen-bond donors (Lipinski definition) is 2. The van der Waals surface area contributed by atoms with Gasteiger partial charge in [-0.15, -0.1) is 0 Å². The van der Waals surface area contributed by atoms with Gasteiger partial charge >= 0.3 is 0 Å². The van der Waals surface area contributed by atoms with Crippen molar-refractivity contribution >= 4 is 29.2 Å². The second-order valence-corrected chi connectivity index (χ2v) is 9.07. The fraction of sp³-hybridized carbons (Fsp3) is 0.385. The molecule has 2 atom stereocenters. The van der Waals surface area contributed by atoms with Gasteiger partial charge in [-0.1, -0.05) is 6.92 Å². The third kappa shape index (κ3) is 4.81. The Morgan fingerprint density at radius 1 is 1.22 bits per heavy atom. The Balaban J connectivity index is 1.33. The molecule has 2 N–H and O–H groups in total. The topological polar surface area (TPSA) is 99.3 Å². The number of alkyl halides is 1. The van der Waals surface area contributed by atoms with Crippen molar-refractivity contribution in [2.75, 3.05) is 42.9 Å². The molecule has 0 amide bonds. The van der Waals surface area contributed by atoms with Crippen LogP contribution in [-0.2, 0) is 0 Å². The molecule has 10 heteroatoms. The van der Waals surface area contributed by atoms with Crippen LogP contribution in [-0.4, -0.2) is 69.4 Å². The molecule has 1 aliphatic heterocycles. The van der Waals surface area contributed by atoms with E-state index in [1.165, 1.54) is 13.3 Å². The van der Waals surface area contributed by atoms with Gasteiger partial charge < -0.3 is 24.8 Å². The molecule has 5 rings (SSSR count). The predicted molar refractivity (Wildman–Crippen MR) is 137 cm³/mol. The normalized spacial score (nSPS) is 19.7. The first-order valence-electron chi connectivity index (χ1n) is 12.2. The smallest absolute Gasteiger partial charge is 0.230 e. The molecule has 3 aromatic rings. The van der Waals surface area contributed by atoms with Crippen LogP contribution in [0.3, 0.4) is 0 Å². The van der Waals surface area contributed by atoms with E-state index in [9.17, 15) is 4.79 Å². The van der Waals surface area contributed by atoms with Crippen LogP contribution in [0.2, 0.25) is 0 Å². The Labute approximate surface area is 209 Å². The number of ether oxygens (including phenoxy) is 1. The van der Waals surface area contributed by atoms with E-state index in [1.807, 2.05) is 25.3 Å². The number of nitrogens with one attached hydrogen (secondary N) is 2. The number of hydrogen-bond acceptors (Lipinski definition) is 8. The monoisotopic (exact) mass is 491 g/mol. The molecule has 2 unspecified atom stereocenters. The molecular weight excluding hydrogens is 461 g/mol. The van der Waals surface area contributed by atoms with E-state index in [-0.39, 0.29) is 23.0 Å². The Morgan fingerprint density at radius 2 is 2.03 bits per heavy atom. The molecule has 1 fully saturated rings. The number of aromatic amines is 1. The molecule has 0 radical (unpaired) electrons. The molecule has 0 saturated carbocycles. The van der Waals surface area contributed by atoms with Gasteiger partial charge in [0, 0.05) is 43.1 Å². The van der Waals surface area contributed by atoms with E-state index in [0.717, 1.165) is 49.8 Å². The van der Waals surface area contributed by atoms with Gasteiger partial charge in [-0.25, -0.2) is 19.3 Å². The fourth-order valence-electron chi connectivity index (χ4n) is 4.65. The highest BCUT2D eigenvalue weighted by atomic mass is 19.1. The van der Waals surface area contributed by atoms with Crippen LogP contribution >= 0.6 is 0 Å². The highest BCUT2D eigenvalue weighted by Crippen LogP contribution is 2.35. The lowest BCUT2D eigenvalue weighted by Crippen LogP contribution is -2.46. The molecule has 36 heavy (non-hydrogen) atoms. The van der Waals surface area contributed by atoms with Crippen molar-refractivity contribution in [3.63, 3.8) is 0 Å². The Kier molecular flexibility index (Phi) is 6.69. The van der Waals surface area contributed by atoms with Crippen LogP contribution in [0.1, 0.15) is 47.3 Å². The summed E-state index contributed by atoms with van der Waals surface area (Å²) in [5, 5.41) is 3.10. The number of H-pyrrole nitrogens is 1. The summed E-state index contributed by atoms with van der Waals surface area (Å²) in [7, 11) is 0. The maximum absolute atomic E-state index is 15.2. The zero-order chi connectivity index (χ0) is 25.2. The molecule has 188 valence electrons. The van der Waals surface area contributed by atoms with Gasteiger partial charge in [0.15, 0.2) is 18.1 Å². The molecule has 3 aromatic heterocycles. The number of piperazine rings is 1. The third-order valence-corrected chi connectivity index (χ3v) is 6.64. The third-order valence-electron chi connectivity index (χ3n) is 6.64. The molecule has 2 aliphatic rings. The lowest BCUT2D eigenvalue weighted by molar-refractivity contribution is 0.0992. The van der Waals surface area contributed by atoms with Gasteiger partial charge in [-0.2, -0.15) is 0 Å². The number of likely N-dealkylation sites (N-methyl/N-ethyl adjacent to an activating group) is 1. The van der Waals surface area contributed by atoms with Crippen molar-refractivity contribution in [1.29, 1.82) is 0 Å². The SMILES string of the molecule is CCN1CCN(c2ccc(Nc3ncnc(OC4C=Cc5[nH]c(C)cc5C4F)c3C(C)=O)nc2)CC1. The van der Waals surface area contributed by atoms with Gasteiger partial charge in [0.2, 0.25) is 5.88 Å². The highest BCUT2D eigenvalue weighted by Gasteiger charge is 2.31. The summed E-state index contributed by atoms with van der Waals surface area (Å²) in [6.45, 7) is 10.5. The molecule has 0 spiro atoms. The average molecular weight is 492 g/mol. The second kappa shape index (κ2) is 10.1. The van der Waals surface area contributed by atoms with Crippen molar-refractivity contribution in [2.24, 2.45) is 0 Å². The first kappa shape index (κ1) is 23.9. The number of ketones is 1. The molecule has 1 saturated heterocycles. The van der Waals surface area contributed by atoms with Gasteiger partial charge in [0.25, 0.3) is 0 Å². The number of halogens is 1. The van der Waals surface area contributed by atoms with Gasteiger partial charge in [-0.3, -0.25) is 4.79 Å².